The number of thioether (sulfide) groups is 1. The predicted molar refractivity (Wildman–Crippen MR) is 92.3 cm³/mol. The first kappa shape index (κ1) is 17.5. The highest BCUT2D eigenvalue weighted by Gasteiger charge is 2.19. The molecule has 0 aliphatic rings. The van der Waals surface area contributed by atoms with Crippen molar-refractivity contribution >= 4 is 35.0 Å². The Hall–Kier alpha value is -1.86. The number of thiazole rings is 1. The van der Waals surface area contributed by atoms with E-state index < -0.39 is 5.97 Å². The van der Waals surface area contributed by atoms with E-state index in [1.165, 1.54) is 11.8 Å². The van der Waals surface area contributed by atoms with E-state index in [1.54, 1.807) is 13.8 Å². The molecule has 7 heteroatoms. The number of carbonyl (C=O) groups excluding carboxylic acids is 1. The summed E-state index contributed by atoms with van der Waals surface area (Å²) >= 11 is 2.58. The van der Waals surface area contributed by atoms with E-state index in [9.17, 15) is 9.59 Å². The van der Waals surface area contributed by atoms with Crippen molar-refractivity contribution < 1.29 is 14.7 Å². The van der Waals surface area contributed by atoms with Gasteiger partial charge in [0.1, 0.15) is 9.88 Å². The summed E-state index contributed by atoms with van der Waals surface area (Å²) in [6.45, 7) is 5.47. The van der Waals surface area contributed by atoms with Gasteiger partial charge >= 0.3 is 5.97 Å². The minimum absolute atomic E-state index is 0.101. The number of nitrogens with one attached hydrogen (secondary N) is 1. The van der Waals surface area contributed by atoms with Crippen molar-refractivity contribution in [2.24, 2.45) is 0 Å². The number of hydrogen-bond donors (Lipinski definition) is 2. The van der Waals surface area contributed by atoms with Crippen molar-refractivity contribution in [1.82, 2.24) is 10.3 Å². The van der Waals surface area contributed by atoms with Crippen molar-refractivity contribution in [1.29, 1.82) is 0 Å². The van der Waals surface area contributed by atoms with Gasteiger partial charge in [0, 0.05) is 4.90 Å². The molecule has 1 unspecified atom stereocenters. The Bertz CT molecular complexity index is 728. The number of rotatable bonds is 6. The van der Waals surface area contributed by atoms with Gasteiger partial charge in [0.15, 0.2) is 0 Å². The Balaban J connectivity index is 1.93. The summed E-state index contributed by atoms with van der Waals surface area (Å²) in [4.78, 5) is 28.6. The Morgan fingerprint density at radius 1 is 1.35 bits per heavy atom. The zero-order valence-corrected chi connectivity index (χ0v) is 14.8. The zero-order chi connectivity index (χ0) is 17.0. The molecule has 122 valence electrons. The topological polar surface area (TPSA) is 79.3 Å². The molecule has 1 aromatic heterocycles. The maximum atomic E-state index is 12.1. The van der Waals surface area contributed by atoms with Crippen LogP contribution in [0.5, 0.6) is 0 Å². The van der Waals surface area contributed by atoms with Crippen LogP contribution in [0.2, 0.25) is 0 Å². The molecular formula is C16H18N2O3S2. The van der Waals surface area contributed by atoms with Gasteiger partial charge in [-0.05, 0) is 32.4 Å². The third-order valence-electron chi connectivity index (χ3n) is 3.21. The summed E-state index contributed by atoms with van der Waals surface area (Å²) in [5.41, 5.74) is 1.62. The number of carboxylic acid groups (broad SMARTS) is 1. The SMILES string of the molecule is Cc1ccccc1SCC(=O)NC(C)c1nc(C)c(C(=O)O)s1. The van der Waals surface area contributed by atoms with Gasteiger partial charge in [0.05, 0.1) is 17.5 Å². The molecule has 1 atom stereocenters. The maximum absolute atomic E-state index is 12.1. The molecule has 0 aliphatic carbocycles. The van der Waals surface area contributed by atoms with Crippen molar-refractivity contribution in [2.75, 3.05) is 5.75 Å². The predicted octanol–water partition coefficient (Wildman–Crippen LogP) is 3.43. The molecule has 0 bridgehead atoms. The van der Waals surface area contributed by atoms with E-state index in [0.717, 1.165) is 21.8 Å². The Kier molecular flexibility index (Phi) is 5.79. The number of amides is 1. The number of carbonyl (C=O) groups is 2. The highest BCUT2D eigenvalue weighted by atomic mass is 32.2. The van der Waals surface area contributed by atoms with Crippen LogP contribution in [0.1, 0.15) is 38.9 Å². The lowest BCUT2D eigenvalue weighted by Gasteiger charge is -2.11. The molecule has 2 aromatic rings. The molecule has 0 spiro atoms. The van der Waals surface area contributed by atoms with Crippen LogP contribution in [-0.2, 0) is 4.79 Å². The summed E-state index contributed by atoms with van der Waals surface area (Å²) in [6.07, 6.45) is 0. The second kappa shape index (κ2) is 7.61. The van der Waals surface area contributed by atoms with E-state index in [4.69, 9.17) is 5.11 Å². The highest BCUT2D eigenvalue weighted by Crippen LogP contribution is 2.24. The molecule has 0 fully saturated rings. The van der Waals surface area contributed by atoms with Crippen LogP contribution in [0.25, 0.3) is 0 Å². The number of aromatic carboxylic acids is 1. The fourth-order valence-corrected chi connectivity index (χ4v) is 3.76. The molecule has 0 aliphatic heterocycles. The van der Waals surface area contributed by atoms with Crippen LogP contribution in [0.3, 0.4) is 0 Å². The molecule has 1 aromatic carbocycles. The molecule has 2 rings (SSSR count). The number of hydrogen-bond acceptors (Lipinski definition) is 5. The number of benzene rings is 1. The first-order chi connectivity index (χ1) is 10.9. The van der Waals surface area contributed by atoms with Gasteiger partial charge in [-0.1, -0.05) is 18.2 Å². The second-order valence-electron chi connectivity index (χ2n) is 5.12. The largest absolute Gasteiger partial charge is 0.477 e. The van der Waals surface area contributed by atoms with E-state index in [2.05, 4.69) is 10.3 Å². The third kappa shape index (κ3) is 4.56. The van der Waals surface area contributed by atoms with E-state index in [-0.39, 0.29) is 16.8 Å². The van der Waals surface area contributed by atoms with Crippen LogP contribution in [-0.4, -0.2) is 27.7 Å². The third-order valence-corrected chi connectivity index (χ3v) is 5.71. The molecule has 1 amide bonds. The average Bonchev–Trinajstić information content (AvgIpc) is 2.89. The number of nitrogens with zero attached hydrogens (tertiary/aromatic N) is 1. The van der Waals surface area contributed by atoms with Gasteiger partial charge in [-0.25, -0.2) is 9.78 Å². The lowest BCUT2D eigenvalue weighted by molar-refractivity contribution is -0.119. The van der Waals surface area contributed by atoms with E-state index in [1.807, 2.05) is 31.2 Å². The second-order valence-corrected chi connectivity index (χ2v) is 7.16. The van der Waals surface area contributed by atoms with Crippen molar-refractivity contribution in [2.45, 2.75) is 31.7 Å². The van der Waals surface area contributed by atoms with Crippen LogP contribution >= 0.6 is 23.1 Å². The molecular weight excluding hydrogens is 332 g/mol. The molecule has 23 heavy (non-hydrogen) atoms. The minimum Gasteiger partial charge on any atom is -0.477 e. The zero-order valence-electron chi connectivity index (χ0n) is 13.1. The summed E-state index contributed by atoms with van der Waals surface area (Å²) in [5, 5.41) is 12.5. The van der Waals surface area contributed by atoms with Gasteiger partial charge in [-0.3, -0.25) is 4.79 Å². The van der Waals surface area contributed by atoms with Gasteiger partial charge in [-0.15, -0.1) is 23.1 Å². The van der Waals surface area contributed by atoms with Crippen LogP contribution < -0.4 is 5.32 Å². The van der Waals surface area contributed by atoms with Crippen LogP contribution in [0.15, 0.2) is 29.2 Å². The van der Waals surface area contributed by atoms with E-state index >= 15 is 0 Å². The summed E-state index contributed by atoms with van der Waals surface area (Å²) < 4.78 is 0. The van der Waals surface area contributed by atoms with Gasteiger partial charge in [-0.2, -0.15) is 0 Å². The first-order valence-electron chi connectivity index (χ1n) is 7.07. The highest BCUT2D eigenvalue weighted by molar-refractivity contribution is 8.00. The average molecular weight is 350 g/mol. The van der Waals surface area contributed by atoms with Gasteiger partial charge in [0.2, 0.25) is 5.91 Å². The Labute approximate surface area is 143 Å². The monoisotopic (exact) mass is 350 g/mol. The maximum Gasteiger partial charge on any atom is 0.347 e. The normalized spacial score (nSPS) is 12.0. The molecule has 0 saturated heterocycles. The Morgan fingerprint density at radius 2 is 2.04 bits per heavy atom. The van der Waals surface area contributed by atoms with Crippen molar-refractivity contribution in [3.63, 3.8) is 0 Å². The van der Waals surface area contributed by atoms with Crippen molar-refractivity contribution in [3.8, 4) is 0 Å². The molecule has 0 saturated carbocycles. The first-order valence-corrected chi connectivity index (χ1v) is 8.87. The summed E-state index contributed by atoms with van der Waals surface area (Å²) in [7, 11) is 0. The van der Waals surface area contributed by atoms with Crippen molar-refractivity contribution in [3.05, 3.63) is 45.4 Å². The van der Waals surface area contributed by atoms with Crippen LogP contribution in [0.4, 0.5) is 0 Å². The fraction of sp³-hybridized carbons (Fsp3) is 0.312. The van der Waals surface area contributed by atoms with Gasteiger partial charge in [0.25, 0.3) is 0 Å². The van der Waals surface area contributed by atoms with E-state index in [0.29, 0.717) is 16.5 Å². The fourth-order valence-electron chi connectivity index (χ4n) is 2.01. The summed E-state index contributed by atoms with van der Waals surface area (Å²) in [6, 6.07) is 7.60. The minimum atomic E-state index is -0.986. The molecule has 1 heterocycles. The smallest absolute Gasteiger partial charge is 0.347 e. The molecule has 0 radical (unpaired) electrons. The number of aromatic nitrogens is 1. The molecule has 5 nitrogen and oxygen atoms in total. The quantitative estimate of drug-likeness (QED) is 0.780. The van der Waals surface area contributed by atoms with Crippen LogP contribution in [0, 0.1) is 13.8 Å². The lowest BCUT2D eigenvalue weighted by Crippen LogP contribution is -2.28. The number of aryl methyl sites for hydroxylation is 2. The Morgan fingerprint density at radius 3 is 2.65 bits per heavy atom. The molecule has 2 N–H and O–H groups in total. The number of carboxylic acids is 1. The lowest BCUT2D eigenvalue weighted by atomic mass is 10.2. The van der Waals surface area contributed by atoms with Gasteiger partial charge < -0.3 is 10.4 Å². The standard InChI is InChI=1S/C16H18N2O3S2/c1-9-6-4-5-7-12(9)22-8-13(19)17-11(3)15-18-10(2)14(23-15)16(20)21/h4-7,11H,8H2,1-3H3,(H,17,19)(H,20,21). The summed E-state index contributed by atoms with van der Waals surface area (Å²) in [5.74, 6) is -0.777.